The van der Waals surface area contributed by atoms with Crippen molar-refractivity contribution in [1.82, 2.24) is 4.90 Å². The number of carbonyl (C=O) groups is 1. The number of hydrogen-bond acceptors (Lipinski definition) is 1. The summed E-state index contributed by atoms with van der Waals surface area (Å²) in [5.74, 6) is 1.25. The van der Waals surface area contributed by atoms with Gasteiger partial charge in [-0.1, -0.05) is 6.92 Å². The fourth-order valence-corrected chi connectivity index (χ4v) is 2.77. The van der Waals surface area contributed by atoms with E-state index in [0.717, 1.165) is 31.7 Å². The van der Waals surface area contributed by atoms with Gasteiger partial charge in [-0.2, -0.15) is 0 Å². The van der Waals surface area contributed by atoms with Gasteiger partial charge in [-0.3, -0.25) is 4.79 Å². The van der Waals surface area contributed by atoms with E-state index >= 15 is 0 Å². The smallest absolute Gasteiger partial charge is 0.228 e. The lowest BCUT2D eigenvalue weighted by atomic mass is 9.70. The minimum absolute atomic E-state index is 0.0707. The van der Waals surface area contributed by atoms with Crippen LogP contribution in [0.15, 0.2) is 0 Å². The van der Waals surface area contributed by atoms with Gasteiger partial charge in [0, 0.05) is 13.6 Å². The van der Waals surface area contributed by atoms with Crippen molar-refractivity contribution in [2.75, 3.05) is 13.6 Å². The lowest BCUT2D eigenvalue weighted by molar-refractivity contribution is -0.136. The monoisotopic (exact) mass is 181 g/mol. The Hall–Kier alpha value is -0.530. The van der Waals surface area contributed by atoms with Crippen molar-refractivity contribution in [3.63, 3.8) is 0 Å². The van der Waals surface area contributed by atoms with E-state index in [-0.39, 0.29) is 5.41 Å². The van der Waals surface area contributed by atoms with E-state index < -0.39 is 0 Å². The topological polar surface area (TPSA) is 20.3 Å². The van der Waals surface area contributed by atoms with Gasteiger partial charge in [0.2, 0.25) is 5.91 Å². The molecule has 2 rings (SSSR count). The van der Waals surface area contributed by atoms with Crippen LogP contribution >= 0.6 is 0 Å². The van der Waals surface area contributed by atoms with Crippen molar-refractivity contribution in [3.05, 3.63) is 0 Å². The van der Waals surface area contributed by atoms with Crippen LogP contribution in [0.1, 0.15) is 39.0 Å². The number of amides is 1. The predicted octanol–water partition coefficient (Wildman–Crippen LogP) is 2.04. The second-order valence-corrected chi connectivity index (χ2v) is 4.94. The Morgan fingerprint density at radius 3 is 2.38 bits per heavy atom. The van der Waals surface area contributed by atoms with Crippen LogP contribution in [0.2, 0.25) is 0 Å². The van der Waals surface area contributed by atoms with E-state index in [9.17, 15) is 4.79 Å². The molecule has 13 heavy (non-hydrogen) atoms. The van der Waals surface area contributed by atoms with E-state index in [4.69, 9.17) is 0 Å². The van der Waals surface area contributed by atoms with Crippen molar-refractivity contribution in [2.24, 2.45) is 11.3 Å². The van der Waals surface area contributed by atoms with E-state index in [1.165, 1.54) is 12.8 Å². The molecule has 2 aliphatic rings. The first-order chi connectivity index (χ1) is 6.14. The van der Waals surface area contributed by atoms with Gasteiger partial charge in [-0.05, 0) is 38.0 Å². The fourth-order valence-electron chi connectivity index (χ4n) is 2.77. The second kappa shape index (κ2) is 3.00. The molecule has 1 spiro atoms. The Kier molecular flexibility index (Phi) is 2.09. The van der Waals surface area contributed by atoms with Gasteiger partial charge in [0.1, 0.15) is 0 Å². The molecular weight excluding hydrogens is 162 g/mol. The average molecular weight is 181 g/mol. The van der Waals surface area contributed by atoms with Gasteiger partial charge in [-0.15, -0.1) is 0 Å². The molecule has 0 N–H and O–H groups in total. The van der Waals surface area contributed by atoms with E-state index in [1.807, 2.05) is 11.9 Å². The van der Waals surface area contributed by atoms with Crippen LogP contribution in [-0.2, 0) is 4.79 Å². The molecule has 1 aliphatic heterocycles. The average Bonchev–Trinajstić information content (AvgIpc) is 2.40. The molecule has 0 radical (unpaired) electrons. The third-order valence-electron chi connectivity index (χ3n) is 3.96. The van der Waals surface area contributed by atoms with Crippen LogP contribution in [0.5, 0.6) is 0 Å². The highest BCUT2D eigenvalue weighted by molar-refractivity contribution is 5.84. The van der Waals surface area contributed by atoms with E-state index in [2.05, 4.69) is 6.92 Å². The first-order valence-electron chi connectivity index (χ1n) is 5.40. The third kappa shape index (κ3) is 1.36. The summed E-state index contributed by atoms with van der Waals surface area (Å²) in [6.07, 6.45) is 5.88. The van der Waals surface area contributed by atoms with Crippen LogP contribution in [0.3, 0.4) is 0 Å². The molecule has 0 atom stereocenters. The maximum atomic E-state index is 11.9. The Morgan fingerprint density at radius 2 is 1.92 bits per heavy atom. The Morgan fingerprint density at radius 1 is 1.31 bits per heavy atom. The standard InChI is InChI=1S/C11H19NO/c1-9-3-5-11(6-4-9)7-8-12(2)10(11)13/h9H,3-8H2,1-2H3. The summed E-state index contributed by atoms with van der Waals surface area (Å²) in [5, 5.41) is 0. The Bertz CT molecular complexity index is 216. The summed E-state index contributed by atoms with van der Waals surface area (Å²) < 4.78 is 0. The van der Waals surface area contributed by atoms with Crippen LogP contribution in [-0.4, -0.2) is 24.4 Å². The van der Waals surface area contributed by atoms with Gasteiger partial charge in [0.15, 0.2) is 0 Å². The molecule has 0 unspecified atom stereocenters. The molecule has 1 aliphatic carbocycles. The SMILES string of the molecule is CC1CCC2(CC1)CCN(C)C2=O. The second-order valence-electron chi connectivity index (χ2n) is 4.94. The van der Waals surface area contributed by atoms with Crippen LogP contribution in [0, 0.1) is 11.3 Å². The lowest BCUT2D eigenvalue weighted by Crippen LogP contribution is -2.35. The third-order valence-corrected chi connectivity index (χ3v) is 3.96. The molecule has 0 aromatic heterocycles. The molecular formula is C11H19NO. The Balaban J connectivity index is 2.09. The largest absolute Gasteiger partial charge is 0.345 e. The summed E-state index contributed by atoms with van der Waals surface area (Å²) in [4.78, 5) is 13.8. The summed E-state index contributed by atoms with van der Waals surface area (Å²) in [5.41, 5.74) is 0.0707. The molecule has 2 nitrogen and oxygen atoms in total. The molecule has 0 aromatic carbocycles. The molecule has 2 fully saturated rings. The van der Waals surface area contributed by atoms with E-state index in [1.54, 1.807) is 0 Å². The zero-order valence-electron chi connectivity index (χ0n) is 8.68. The number of hydrogen-bond donors (Lipinski definition) is 0. The van der Waals surface area contributed by atoms with Crippen LogP contribution < -0.4 is 0 Å². The van der Waals surface area contributed by atoms with E-state index in [0.29, 0.717) is 5.91 Å². The highest BCUT2D eigenvalue weighted by atomic mass is 16.2. The predicted molar refractivity (Wildman–Crippen MR) is 52.3 cm³/mol. The first kappa shape index (κ1) is 9.04. The zero-order valence-corrected chi connectivity index (χ0v) is 8.68. The normalized spacial score (nSPS) is 40.3. The summed E-state index contributed by atoms with van der Waals surface area (Å²) in [7, 11) is 1.94. The molecule has 1 heterocycles. The molecule has 74 valence electrons. The summed E-state index contributed by atoms with van der Waals surface area (Å²) in [6, 6.07) is 0. The van der Waals surface area contributed by atoms with Gasteiger partial charge >= 0.3 is 0 Å². The van der Waals surface area contributed by atoms with Gasteiger partial charge in [0.25, 0.3) is 0 Å². The zero-order chi connectivity index (χ0) is 9.47. The fraction of sp³-hybridized carbons (Fsp3) is 0.909. The van der Waals surface area contributed by atoms with Crippen LogP contribution in [0.25, 0.3) is 0 Å². The van der Waals surface area contributed by atoms with Gasteiger partial charge in [0.05, 0.1) is 5.41 Å². The van der Waals surface area contributed by atoms with Crippen molar-refractivity contribution in [3.8, 4) is 0 Å². The van der Waals surface area contributed by atoms with Gasteiger partial charge < -0.3 is 4.90 Å². The quantitative estimate of drug-likeness (QED) is 0.560. The highest BCUT2D eigenvalue weighted by Crippen LogP contribution is 2.45. The number of rotatable bonds is 0. The van der Waals surface area contributed by atoms with Gasteiger partial charge in [-0.25, -0.2) is 0 Å². The van der Waals surface area contributed by atoms with Crippen molar-refractivity contribution in [2.45, 2.75) is 39.0 Å². The molecule has 1 saturated heterocycles. The minimum atomic E-state index is 0.0707. The van der Waals surface area contributed by atoms with Crippen molar-refractivity contribution >= 4 is 5.91 Å². The molecule has 1 amide bonds. The maximum absolute atomic E-state index is 11.9. The summed E-state index contributed by atoms with van der Waals surface area (Å²) in [6.45, 7) is 3.28. The number of carbonyl (C=O) groups excluding carboxylic acids is 1. The summed E-state index contributed by atoms with van der Waals surface area (Å²) >= 11 is 0. The minimum Gasteiger partial charge on any atom is -0.345 e. The maximum Gasteiger partial charge on any atom is 0.228 e. The number of nitrogens with zero attached hydrogens (tertiary/aromatic N) is 1. The number of likely N-dealkylation sites (tertiary alicyclic amines) is 1. The molecule has 0 bridgehead atoms. The Labute approximate surface area is 80.3 Å². The molecule has 1 saturated carbocycles. The van der Waals surface area contributed by atoms with Crippen LogP contribution in [0.4, 0.5) is 0 Å². The van der Waals surface area contributed by atoms with Crippen molar-refractivity contribution < 1.29 is 4.79 Å². The molecule has 2 heteroatoms. The first-order valence-corrected chi connectivity index (χ1v) is 5.40. The highest BCUT2D eigenvalue weighted by Gasteiger charge is 2.46. The lowest BCUT2D eigenvalue weighted by Gasteiger charge is -2.34. The molecule has 0 aromatic rings. The van der Waals surface area contributed by atoms with Crippen molar-refractivity contribution in [1.29, 1.82) is 0 Å².